The number of hydrogen-bond acceptors (Lipinski definition) is 4. The van der Waals surface area contributed by atoms with Crippen LogP contribution in [0, 0.1) is 11.3 Å². The molecule has 2 aromatic rings. The fourth-order valence-corrected chi connectivity index (χ4v) is 2.26. The summed E-state index contributed by atoms with van der Waals surface area (Å²) < 4.78 is 11.3. The Morgan fingerprint density at radius 3 is 2.29 bits per heavy atom. The highest BCUT2D eigenvalue weighted by Crippen LogP contribution is 2.19. The van der Waals surface area contributed by atoms with E-state index in [-0.39, 0.29) is 5.78 Å². The highest BCUT2D eigenvalue weighted by molar-refractivity contribution is 5.96. The van der Waals surface area contributed by atoms with E-state index in [1.165, 1.54) is 0 Å². The largest absolute Gasteiger partial charge is 0.494 e. The number of Topliss-reactive ketones (excluding diaryl/α,β-unsaturated/α-hetero) is 1. The summed E-state index contributed by atoms with van der Waals surface area (Å²) in [5.41, 5.74) is 1.26. The van der Waals surface area contributed by atoms with Crippen molar-refractivity contribution in [1.82, 2.24) is 0 Å². The molecule has 0 radical (unpaired) electrons. The van der Waals surface area contributed by atoms with Gasteiger partial charge in [-0.3, -0.25) is 4.79 Å². The zero-order valence-corrected chi connectivity index (χ0v) is 13.8. The van der Waals surface area contributed by atoms with Crippen LogP contribution in [-0.4, -0.2) is 19.0 Å². The van der Waals surface area contributed by atoms with E-state index in [0.717, 1.165) is 25.0 Å². The second kappa shape index (κ2) is 9.36. The molecule has 0 N–H and O–H groups in total. The Kier molecular flexibility index (Phi) is 6.85. The highest BCUT2D eigenvalue weighted by Gasteiger charge is 2.06. The summed E-state index contributed by atoms with van der Waals surface area (Å²) in [4.78, 5) is 11.5. The van der Waals surface area contributed by atoms with Gasteiger partial charge in [-0.05, 0) is 62.6 Å². The molecule has 0 spiro atoms. The van der Waals surface area contributed by atoms with Crippen LogP contribution in [0.5, 0.6) is 11.5 Å². The van der Waals surface area contributed by atoms with Gasteiger partial charge in [0.25, 0.3) is 0 Å². The molecule has 0 bridgehead atoms. The minimum absolute atomic E-state index is 0.0152. The molecule has 0 aliphatic carbocycles. The molecule has 0 unspecified atom stereocenters. The van der Waals surface area contributed by atoms with Gasteiger partial charge in [-0.15, -0.1) is 0 Å². The number of carbonyl (C=O) groups is 1. The van der Waals surface area contributed by atoms with Crippen molar-refractivity contribution in [2.24, 2.45) is 0 Å². The van der Waals surface area contributed by atoms with Crippen molar-refractivity contribution in [3.63, 3.8) is 0 Å². The van der Waals surface area contributed by atoms with Crippen LogP contribution >= 0.6 is 0 Å². The first-order valence-electron chi connectivity index (χ1n) is 8.06. The Morgan fingerprint density at radius 1 is 0.958 bits per heavy atom. The number of hydrogen-bond donors (Lipinski definition) is 0. The number of rotatable bonds is 9. The Labute approximate surface area is 142 Å². The van der Waals surface area contributed by atoms with Gasteiger partial charge in [0, 0.05) is 0 Å². The lowest BCUT2D eigenvalue weighted by molar-refractivity contribution is 0.101. The maximum atomic E-state index is 11.5. The van der Waals surface area contributed by atoms with E-state index in [2.05, 4.69) is 6.07 Å². The van der Waals surface area contributed by atoms with Crippen LogP contribution in [0.1, 0.15) is 42.1 Å². The van der Waals surface area contributed by atoms with Crippen LogP contribution in [0.3, 0.4) is 0 Å². The van der Waals surface area contributed by atoms with Gasteiger partial charge >= 0.3 is 0 Å². The first-order chi connectivity index (χ1) is 11.7. The predicted molar refractivity (Wildman–Crippen MR) is 92.4 cm³/mol. The molecule has 2 rings (SSSR count). The van der Waals surface area contributed by atoms with Crippen molar-refractivity contribution in [1.29, 1.82) is 5.26 Å². The molecule has 0 amide bonds. The molecule has 4 nitrogen and oxygen atoms in total. The van der Waals surface area contributed by atoms with Crippen molar-refractivity contribution in [2.75, 3.05) is 13.2 Å². The lowest BCUT2D eigenvalue weighted by atomic mass is 10.1. The Bertz CT molecular complexity index is 702. The van der Waals surface area contributed by atoms with Gasteiger partial charge in [0.1, 0.15) is 11.5 Å². The van der Waals surface area contributed by atoms with Gasteiger partial charge in [-0.25, -0.2) is 0 Å². The summed E-state index contributed by atoms with van der Waals surface area (Å²) in [6, 6.07) is 16.5. The Hall–Kier alpha value is -2.80. The molecule has 124 valence electrons. The van der Waals surface area contributed by atoms with Crippen molar-refractivity contribution in [3.05, 3.63) is 59.7 Å². The lowest BCUT2D eigenvalue weighted by Crippen LogP contribution is -2.04. The first kappa shape index (κ1) is 17.6. The van der Waals surface area contributed by atoms with E-state index in [4.69, 9.17) is 14.7 Å². The van der Waals surface area contributed by atoms with Gasteiger partial charge in [-0.1, -0.05) is 12.1 Å². The number of carbonyl (C=O) groups excluding carboxylic acids is 1. The number of ketones is 1. The van der Waals surface area contributed by atoms with Crippen LogP contribution in [0.4, 0.5) is 0 Å². The molecule has 0 aromatic heterocycles. The van der Waals surface area contributed by atoms with Crippen LogP contribution in [0.25, 0.3) is 0 Å². The van der Waals surface area contributed by atoms with E-state index in [9.17, 15) is 4.79 Å². The quantitative estimate of drug-likeness (QED) is 0.507. The van der Waals surface area contributed by atoms with Crippen LogP contribution in [-0.2, 0) is 0 Å². The third-order valence-corrected chi connectivity index (χ3v) is 3.56. The molecule has 0 aliphatic heterocycles. The standard InChI is InChI=1S/C20H21NO3/c1-16(22)19-7-3-4-8-20(19)24-14-6-2-5-13-23-18-11-9-17(15-21)10-12-18/h3-4,7-12H,2,5-6,13-14H2,1H3. The van der Waals surface area contributed by atoms with Gasteiger partial charge in [0.2, 0.25) is 0 Å². The number of unbranched alkanes of at least 4 members (excludes halogenated alkanes) is 2. The SMILES string of the molecule is CC(=O)c1ccccc1OCCCCCOc1ccc(C#N)cc1. The third kappa shape index (κ3) is 5.44. The average Bonchev–Trinajstić information content (AvgIpc) is 2.61. The molecule has 2 aromatic carbocycles. The van der Waals surface area contributed by atoms with Gasteiger partial charge in [-0.2, -0.15) is 5.26 Å². The number of nitriles is 1. The minimum atomic E-state index is 0.0152. The fraction of sp³-hybridized carbons (Fsp3) is 0.300. The van der Waals surface area contributed by atoms with Crippen molar-refractivity contribution >= 4 is 5.78 Å². The van der Waals surface area contributed by atoms with Crippen molar-refractivity contribution < 1.29 is 14.3 Å². The first-order valence-corrected chi connectivity index (χ1v) is 8.06. The van der Waals surface area contributed by atoms with E-state index in [0.29, 0.717) is 30.1 Å². The normalized spacial score (nSPS) is 10.0. The molecule has 24 heavy (non-hydrogen) atoms. The molecule has 0 aliphatic rings. The van der Waals surface area contributed by atoms with Gasteiger partial charge in [0.05, 0.1) is 30.4 Å². The smallest absolute Gasteiger partial charge is 0.163 e. The summed E-state index contributed by atoms with van der Waals surface area (Å²) in [7, 11) is 0. The predicted octanol–water partition coefficient (Wildman–Crippen LogP) is 4.39. The molecule has 0 heterocycles. The molecular weight excluding hydrogens is 302 g/mol. The Morgan fingerprint density at radius 2 is 1.62 bits per heavy atom. The maximum absolute atomic E-state index is 11.5. The number of para-hydroxylation sites is 1. The zero-order valence-electron chi connectivity index (χ0n) is 13.8. The van der Waals surface area contributed by atoms with Crippen LogP contribution < -0.4 is 9.47 Å². The van der Waals surface area contributed by atoms with Crippen molar-refractivity contribution in [2.45, 2.75) is 26.2 Å². The van der Waals surface area contributed by atoms with E-state index >= 15 is 0 Å². The highest BCUT2D eigenvalue weighted by atomic mass is 16.5. The maximum Gasteiger partial charge on any atom is 0.163 e. The molecular formula is C20H21NO3. The summed E-state index contributed by atoms with van der Waals surface area (Å²) >= 11 is 0. The van der Waals surface area contributed by atoms with E-state index < -0.39 is 0 Å². The Balaban J connectivity index is 1.62. The number of ether oxygens (including phenoxy) is 2. The summed E-state index contributed by atoms with van der Waals surface area (Å²) in [5.74, 6) is 1.45. The monoisotopic (exact) mass is 323 g/mol. The minimum Gasteiger partial charge on any atom is -0.494 e. The topological polar surface area (TPSA) is 59.3 Å². The second-order valence-corrected chi connectivity index (χ2v) is 5.45. The van der Waals surface area contributed by atoms with Crippen LogP contribution in [0.15, 0.2) is 48.5 Å². The second-order valence-electron chi connectivity index (χ2n) is 5.45. The third-order valence-electron chi connectivity index (χ3n) is 3.56. The summed E-state index contributed by atoms with van der Waals surface area (Å²) in [6.07, 6.45) is 2.82. The molecule has 4 heteroatoms. The average molecular weight is 323 g/mol. The number of nitrogens with zero attached hydrogens (tertiary/aromatic N) is 1. The molecule has 0 atom stereocenters. The molecule has 0 saturated heterocycles. The van der Waals surface area contributed by atoms with E-state index in [1.807, 2.05) is 18.2 Å². The number of benzene rings is 2. The van der Waals surface area contributed by atoms with E-state index in [1.54, 1.807) is 37.3 Å². The van der Waals surface area contributed by atoms with Crippen LogP contribution in [0.2, 0.25) is 0 Å². The van der Waals surface area contributed by atoms with Crippen molar-refractivity contribution in [3.8, 4) is 17.6 Å². The summed E-state index contributed by atoms with van der Waals surface area (Å²) in [6.45, 7) is 2.76. The molecule has 0 fully saturated rings. The van der Waals surface area contributed by atoms with Gasteiger partial charge < -0.3 is 9.47 Å². The zero-order chi connectivity index (χ0) is 17.2. The molecule has 0 saturated carbocycles. The fourth-order valence-electron chi connectivity index (χ4n) is 2.26. The lowest BCUT2D eigenvalue weighted by Gasteiger charge is -2.10. The summed E-state index contributed by atoms with van der Waals surface area (Å²) in [5, 5.41) is 8.73. The van der Waals surface area contributed by atoms with Gasteiger partial charge in [0.15, 0.2) is 5.78 Å².